The first-order valence-corrected chi connectivity index (χ1v) is 8.71. The number of nitrogens with two attached hydrogens (primary N) is 1. The highest BCUT2D eigenvalue weighted by Gasteiger charge is 2.43. The van der Waals surface area contributed by atoms with E-state index in [1.165, 1.54) is 14.0 Å². The number of benzene rings is 1. The molecule has 148 valence electrons. The average Bonchev–Trinajstić information content (AvgIpc) is 2.60. The maximum Gasteiger partial charge on any atom is 0.417 e. The molecule has 0 saturated carbocycles. The van der Waals surface area contributed by atoms with Gasteiger partial charge in [0.25, 0.3) is 16.0 Å². The summed E-state index contributed by atoms with van der Waals surface area (Å²) < 4.78 is 76.1. The predicted octanol–water partition coefficient (Wildman–Crippen LogP) is 1.38. The molecule has 0 saturated heterocycles. The molecule has 27 heavy (non-hydrogen) atoms. The van der Waals surface area contributed by atoms with Crippen LogP contribution < -0.4 is 5.73 Å². The molecule has 2 rings (SSSR count). The van der Waals surface area contributed by atoms with E-state index in [0.717, 1.165) is 25.3 Å². The van der Waals surface area contributed by atoms with Crippen LogP contribution in [0, 0.1) is 0 Å². The van der Waals surface area contributed by atoms with Crippen molar-refractivity contribution in [1.29, 1.82) is 0 Å². The Morgan fingerprint density at radius 3 is 2.48 bits per heavy atom. The minimum atomic E-state index is -4.91. The van der Waals surface area contributed by atoms with Crippen LogP contribution in [0.5, 0.6) is 0 Å². The van der Waals surface area contributed by atoms with Gasteiger partial charge in [0.05, 0.1) is 17.6 Å². The van der Waals surface area contributed by atoms with Crippen LogP contribution in [0.25, 0.3) is 0 Å². The molecule has 0 amide bonds. The number of halogens is 3. The summed E-state index contributed by atoms with van der Waals surface area (Å²) in [5, 5.41) is 0. The molecule has 0 radical (unpaired) electrons. The maximum absolute atomic E-state index is 13.3. The van der Waals surface area contributed by atoms with Crippen LogP contribution in [0.2, 0.25) is 0 Å². The second-order valence-electron chi connectivity index (χ2n) is 5.10. The van der Waals surface area contributed by atoms with Crippen molar-refractivity contribution in [2.24, 2.45) is 20.7 Å². The van der Waals surface area contributed by atoms with E-state index >= 15 is 0 Å². The van der Waals surface area contributed by atoms with Gasteiger partial charge in [0.2, 0.25) is 12.3 Å². The van der Waals surface area contributed by atoms with Crippen LogP contribution in [-0.4, -0.2) is 51.1 Å². The monoisotopic (exact) mass is 407 g/mol. The summed E-state index contributed by atoms with van der Waals surface area (Å²) in [4.78, 5) is 10.4. The number of guanidine groups is 1. The quantitative estimate of drug-likeness (QED) is 0.600. The molecule has 9 nitrogen and oxygen atoms in total. The molecule has 0 aromatic heterocycles. The molecule has 1 aromatic rings. The fourth-order valence-electron chi connectivity index (χ4n) is 2.16. The minimum Gasteiger partial charge on any atom is -0.468 e. The lowest BCUT2D eigenvalue weighted by Gasteiger charge is -2.31. The Bertz CT molecular complexity index is 912. The number of rotatable bonds is 3. The van der Waals surface area contributed by atoms with Crippen molar-refractivity contribution in [2.45, 2.75) is 24.3 Å². The van der Waals surface area contributed by atoms with Crippen LogP contribution in [-0.2, 0) is 25.7 Å². The summed E-state index contributed by atoms with van der Waals surface area (Å²) in [7, 11) is -2.53. The molecule has 1 heterocycles. The zero-order chi connectivity index (χ0) is 20.4. The van der Waals surface area contributed by atoms with Crippen molar-refractivity contribution in [3.05, 3.63) is 29.8 Å². The van der Waals surface area contributed by atoms with E-state index < -0.39 is 45.0 Å². The van der Waals surface area contributed by atoms with Crippen LogP contribution in [0.15, 0.2) is 44.1 Å². The zero-order valence-corrected chi connectivity index (χ0v) is 15.2. The highest BCUT2D eigenvalue weighted by atomic mass is 32.2. The van der Waals surface area contributed by atoms with E-state index in [0.29, 0.717) is 10.4 Å². The summed E-state index contributed by atoms with van der Waals surface area (Å²) in [6.45, 7) is 1.43. The second kappa shape index (κ2) is 7.52. The number of methoxy groups -OCH3 is 2. The SMILES string of the molecule is COC(N)=NC1=NC(C)=NC(OC)N1S(=O)(=O)c1ccccc1C(F)(F)F. The lowest BCUT2D eigenvalue weighted by atomic mass is 10.2. The fraction of sp³-hybridized carbons (Fsp3) is 0.357. The number of hydrogen-bond donors (Lipinski definition) is 1. The highest BCUT2D eigenvalue weighted by molar-refractivity contribution is 7.89. The Balaban J connectivity index is 2.70. The molecule has 1 aliphatic heterocycles. The van der Waals surface area contributed by atoms with Gasteiger partial charge in [-0.05, 0) is 19.1 Å². The lowest BCUT2D eigenvalue weighted by Crippen LogP contribution is -2.47. The van der Waals surface area contributed by atoms with Crippen molar-refractivity contribution in [3.8, 4) is 0 Å². The van der Waals surface area contributed by atoms with Crippen LogP contribution >= 0.6 is 0 Å². The average molecular weight is 407 g/mol. The van der Waals surface area contributed by atoms with E-state index in [1.807, 2.05) is 0 Å². The molecule has 0 bridgehead atoms. The normalized spacial score (nSPS) is 18.8. The molecule has 1 atom stereocenters. The summed E-state index contributed by atoms with van der Waals surface area (Å²) in [6, 6.07) is 3.24. The lowest BCUT2D eigenvalue weighted by molar-refractivity contribution is -0.140. The third-order valence-corrected chi connectivity index (χ3v) is 5.09. The van der Waals surface area contributed by atoms with Crippen LogP contribution in [0.4, 0.5) is 13.2 Å². The van der Waals surface area contributed by atoms with Gasteiger partial charge in [-0.2, -0.15) is 27.5 Å². The van der Waals surface area contributed by atoms with Gasteiger partial charge in [0.15, 0.2) is 0 Å². The summed E-state index contributed by atoms with van der Waals surface area (Å²) in [5.74, 6) is -0.467. The number of alkyl halides is 3. The van der Waals surface area contributed by atoms with E-state index in [-0.39, 0.29) is 5.84 Å². The molecule has 1 unspecified atom stereocenters. The third kappa shape index (κ3) is 4.19. The summed E-state index contributed by atoms with van der Waals surface area (Å²) in [6.07, 6.45) is -6.44. The zero-order valence-electron chi connectivity index (χ0n) is 14.4. The van der Waals surface area contributed by atoms with Gasteiger partial charge in [-0.1, -0.05) is 12.1 Å². The van der Waals surface area contributed by atoms with Gasteiger partial charge in [0, 0.05) is 7.11 Å². The number of aliphatic imine (C=N–C) groups is 3. The van der Waals surface area contributed by atoms with E-state index in [2.05, 4.69) is 19.7 Å². The van der Waals surface area contributed by atoms with Gasteiger partial charge in [-0.15, -0.1) is 0 Å². The van der Waals surface area contributed by atoms with Gasteiger partial charge in [0.1, 0.15) is 5.84 Å². The van der Waals surface area contributed by atoms with E-state index in [1.54, 1.807) is 0 Å². The van der Waals surface area contributed by atoms with Crippen LogP contribution in [0.1, 0.15) is 12.5 Å². The molecular formula is C14H16F3N5O4S. The Morgan fingerprint density at radius 2 is 1.93 bits per heavy atom. The summed E-state index contributed by atoms with van der Waals surface area (Å²) >= 11 is 0. The van der Waals surface area contributed by atoms with Crippen molar-refractivity contribution in [1.82, 2.24) is 4.31 Å². The molecule has 13 heteroatoms. The topological polar surface area (TPSA) is 119 Å². The van der Waals surface area contributed by atoms with Crippen molar-refractivity contribution < 1.29 is 31.1 Å². The molecule has 0 aliphatic carbocycles. The smallest absolute Gasteiger partial charge is 0.417 e. The Kier molecular flexibility index (Phi) is 5.75. The fourth-order valence-corrected chi connectivity index (χ4v) is 3.75. The summed E-state index contributed by atoms with van der Waals surface area (Å²) in [5.41, 5.74) is 4.09. The number of sulfonamides is 1. The maximum atomic E-state index is 13.3. The van der Waals surface area contributed by atoms with Crippen molar-refractivity contribution in [3.63, 3.8) is 0 Å². The molecule has 0 fully saturated rings. The number of ether oxygens (including phenoxy) is 2. The predicted molar refractivity (Wildman–Crippen MR) is 90.4 cm³/mol. The Morgan fingerprint density at radius 1 is 1.30 bits per heavy atom. The molecule has 2 N–H and O–H groups in total. The third-order valence-electron chi connectivity index (χ3n) is 3.32. The minimum absolute atomic E-state index is 0.0834. The number of amidine groups is 2. The molecular weight excluding hydrogens is 391 g/mol. The molecule has 0 spiro atoms. The largest absolute Gasteiger partial charge is 0.468 e. The standard InChI is InChI=1S/C14H16F3N5O4S/c1-8-19-12(21-11(18)25-2)22(13(20-8)26-3)27(23,24)10-7-5-4-6-9(10)14(15,16)17/h4-7,13H,1-3H3,(H2,18,19,20,21). The Hall–Kier alpha value is -2.67. The number of hydrogen-bond acceptors (Lipinski definition) is 7. The first-order valence-electron chi connectivity index (χ1n) is 7.27. The second-order valence-corrected chi connectivity index (χ2v) is 6.88. The van der Waals surface area contributed by atoms with Crippen molar-refractivity contribution in [2.75, 3.05) is 14.2 Å². The highest BCUT2D eigenvalue weighted by Crippen LogP contribution is 2.36. The molecule has 1 aromatic carbocycles. The van der Waals surface area contributed by atoms with E-state index in [9.17, 15) is 21.6 Å². The Labute approximate surface area is 153 Å². The van der Waals surface area contributed by atoms with Gasteiger partial charge < -0.3 is 15.2 Å². The first kappa shape index (κ1) is 20.6. The van der Waals surface area contributed by atoms with Gasteiger partial charge >= 0.3 is 6.18 Å². The van der Waals surface area contributed by atoms with Gasteiger partial charge in [-0.3, -0.25) is 0 Å². The molecule has 1 aliphatic rings. The van der Waals surface area contributed by atoms with Gasteiger partial charge in [-0.25, -0.2) is 13.4 Å². The van der Waals surface area contributed by atoms with Crippen molar-refractivity contribution >= 4 is 27.8 Å². The van der Waals surface area contributed by atoms with E-state index in [4.69, 9.17) is 10.5 Å². The number of nitrogens with zero attached hydrogens (tertiary/aromatic N) is 4. The first-order chi connectivity index (χ1) is 12.5. The van der Waals surface area contributed by atoms with Crippen LogP contribution in [0.3, 0.4) is 0 Å².